The first kappa shape index (κ1) is 18.9. The van der Waals surface area contributed by atoms with E-state index < -0.39 is 0 Å². The highest BCUT2D eigenvalue weighted by atomic mass is 17.1. The second-order valence-electron chi connectivity index (χ2n) is 13.1. The molecule has 0 amide bonds. The van der Waals surface area contributed by atoms with Gasteiger partial charge in [-0.25, -0.2) is 4.89 Å². The van der Waals surface area contributed by atoms with Crippen LogP contribution in [-0.2, 0) is 14.4 Å². The number of hydrogen-bond acceptors (Lipinski definition) is 4. The van der Waals surface area contributed by atoms with E-state index in [0.29, 0.717) is 31.0 Å². The molecule has 8 saturated carbocycles. The molecule has 8 aliphatic rings. The number of carbonyl (C=O) groups is 1. The maximum Gasteiger partial charge on any atom is 0.309 e. The van der Waals surface area contributed by atoms with Crippen molar-refractivity contribution in [1.82, 2.24) is 0 Å². The van der Waals surface area contributed by atoms with Crippen molar-refractivity contribution < 1.29 is 19.7 Å². The third kappa shape index (κ3) is 2.01. The zero-order chi connectivity index (χ0) is 20.5. The summed E-state index contributed by atoms with van der Waals surface area (Å²) in [7, 11) is 0. The molecule has 0 radical (unpaired) electrons. The van der Waals surface area contributed by atoms with Crippen LogP contribution in [0.1, 0.15) is 71.6 Å². The van der Waals surface area contributed by atoms with Gasteiger partial charge in [0.2, 0.25) is 0 Å². The van der Waals surface area contributed by atoms with Gasteiger partial charge >= 0.3 is 5.97 Å². The highest BCUT2D eigenvalue weighted by Gasteiger charge is 2.88. The van der Waals surface area contributed by atoms with Gasteiger partial charge in [0.15, 0.2) is 0 Å². The quantitative estimate of drug-likeness (QED) is 0.370. The van der Waals surface area contributed by atoms with Gasteiger partial charge < -0.3 is 4.74 Å². The number of ether oxygens (including phenoxy) is 1. The Balaban J connectivity index is 1.16. The lowest BCUT2D eigenvalue weighted by Gasteiger charge is -2.56. The molecular weight excluding hydrogens is 376 g/mol. The number of rotatable bonds is 6. The van der Waals surface area contributed by atoms with E-state index in [2.05, 4.69) is 13.8 Å². The van der Waals surface area contributed by atoms with E-state index in [9.17, 15) is 10.1 Å². The molecule has 166 valence electrons. The Morgan fingerprint density at radius 3 is 2.30 bits per heavy atom. The normalized spacial score (nSPS) is 60.8. The topological polar surface area (TPSA) is 55.8 Å². The minimum Gasteiger partial charge on any atom is -0.465 e. The van der Waals surface area contributed by atoms with Crippen molar-refractivity contribution in [2.24, 2.45) is 69.5 Å². The van der Waals surface area contributed by atoms with Crippen LogP contribution < -0.4 is 0 Å². The summed E-state index contributed by atoms with van der Waals surface area (Å²) in [6.45, 7) is 5.64. The first-order valence-corrected chi connectivity index (χ1v) is 12.9. The molecule has 1 spiro atoms. The number of carbonyl (C=O) groups excluding carboxylic acids is 1. The van der Waals surface area contributed by atoms with Crippen LogP contribution in [0, 0.1) is 69.5 Å². The highest BCUT2D eigenvalue weighted by molar-refractivity contribution is 5.77. The molecule has 0 aromatic heterocycles. The summed E-state index contributed by atoms with van der Waals surface area (Å²) >= 11 is 0. The third-order valence-corrected chi connectivity index (χ3v) is 12.3. The maximum absolute atomic E-state index is 13.8. The summed E-state index contributed by atoms with van der Waals surface area (Å²) in [5.74, 6) is 5.56. The number of fused-ring (bicyclic) bond motifs is 2. The van der Waals surface area contributed by atoms with E-state index >= 15 is 0 Å². The van der Waals surface area contributed by atoms with Gasteiger partial charge in [0.1, 0.15) is 0 Å². The first-order valence-electron chi connectivity index (χ1n) is 12.9. The van der Waals surface area contributed by atoms with Crippen molar-refractivity contribution in [2.75, 3.05) is 13.2 Å². The Morgan fingerprint density at radius 2 is 1.70 bits per heavy atom. The smallest absolute Gasteiger partial charge is 0.309 e. The molecule has 4 heteroatoms. The van der Waals surface area contributed by atoms with Crippen LogP contribution >= 0.6 is 0 Å². The standard InChI is InChI=1S/C26H38O4/c1-3-25-11-18-7-20(25)26(14(2)21(18)26)22(19(25)12-30-28)23(27)29-13-24-8-15-4-16(9-24)6-17(5-15)10-24/h14-22,28H,3-13H2,1-2H3. The predicted octanol–water partition coefficient (Wildman–Crippen LogP) is 5.17. The second kappa shape index (κ2) is 5.84. The minimum atomic E-state index is -0.0592. The van der Waals surface area contributed by atoms with E-state index in [1.807, 2.05) is 0 Å². The van der Waals surface area contributed by atoms with Gasteiger partial charge in [0.05, 0.1) is 19.1 Å². The van der Waals surface area contributed by atoms with Gasteiger partial charge in [0, 0.05) is 11.3 Å². The molecule has 0 aliphatic heterocycles. The van der Waals surface area contributed by atoms with Crippen LogP contribution in [0.25, 0.3) is 0 Å². The largest absolute Gasteiger partial charge is 0.465 e. The third-order valence-electron chi connectivity index (χ3n) is 12.3. The van der Waals surface area contributed by atoms with Crippen molar-refractivity contribution in [2.45, 2.75) is 71.6 Å². The molecule has 8 rings (SSSR count). The van der Waals surface area contributed by atoms with Crippen LogP contribution in [-0.4, -0.2) is 24.4 Å². The molecule has 0 aromatic carbocycles. The zero-order valence-electron chi connectivity index (χ0n) is 18.6. The fourth-order valence-corrected chi connectivity index (χ4v) is 12.2. The van der Waals surface area contributed by atoms with Gasteiger partial charge in [-0.1, -0.05) is 13.8 Å². The summed E-state index contributed by atoms with van der Waals surface area (Å²) in [5, 5.41) is 9.45. The summed E-state index contributed by atoms with van der Waals surface area (Å²) in [4.78, 5) is 18.6. The van der Waals surface area contributed by atoms with Gasteiger partial charge in [0.25, 0.3) is 0 Å². The van der Waals surface area contributed by atoms with Crippen LogP contribution in [0.2, 0.25) is 0 Å². The molecule has 6 bridgehead atoms. The van der Waals surface area contributed by atoms with Gasteiger partial charge in [-0.2, -0.15) is 0 Å². The minimum absolute atomic E-state index is 0.0592. The van der Waals surface area contributed by atoms with Crippen molar-refractivity contribution in [3.8, 4) is 0 Å². The fourth-order valence-electron chi connectivity index (χ4n) is 12.2. The van der Waals surface area contributed by atoms with Gasteiger partial charge in [-0.3, -0.25) is 10.1 Å². The Bertz CT molecular complexity index is 742. The van der Waals surface area contributed by atoms with Crippen LogP contribution in [0.5, 0.6) is 0 Å². The molecule has 0 heterocycles. The highest BCUT2D eigenvalue weighted by Crippen LogP contribution is 2.91. The lowest BCUT2D eigenvalue weighted by molar-refractivity contribution is -0.260. The van der Waals surface area contributed by atoms with Crippen LogP contribution in [0.15, 0.2) is 0 Å². The molecule has 30 heavy (non-hydrogen) atoms. The van der Waals surface area contributed by atoms with Gasteiger partial charge in [-0.05, 0) is 110 Å². The maximum atomic E-state index is 13.8. The summed E-state index contributed by atoms with van der Waals surface area (Å²) in [6.07, 6.45) is 11.8. The van der Waals surface area contributed by atoms with E-state index in [-0.39, 0.29) is 34.1 Å². The number of esters is 1. The van der Waals surface area contributed by atoms with Gasteiger partial charge in [-0.15, -0.1) is 0 Å². The predicted molar refractivity (Wildman–Crippen MR) is 111 cm³/mol. The van der Waals surface area contributed by atoms with Crippen LogP contribution in [0.3, 0.4) is 0 Å². The molecule has 0 aromatic rings. The molecule has 0 saturated heterocycles. The molecule has 8 atom stereocenters. The SMILES string of the molecule is CCC12CC3CC1C1(C(C)C31)C(C(=O)OCC13CC4CC(CC(C4)C1)C3)C2COO. The summed E-state index contributed by atoms with van der Waals surface area (Å²) in [5.41, 5.74) is 0.609. The summed E-state index contributed by atoms with van der Waals surface area (Å²) < 4.78 is 6.32. The lowest BCUT2D eigenvalue weighted by Crippen LogP contribution is -2.49. The molecule has 4 nitrogen and oxygen atoms in total. The Kier molecular flexibility index (Phi) is 3.68. The molecule has 8 fully saturated rings. The molecule has 8 unspecified atom stereocenters. The van der Waals surface area contributed by atoms with Crippen molar-refractivity contribution in [3.05, 3.63) is 0 Å². The summed E-state index contributed by atoms with van der Waals surface area (Å²) in [6, 6.07) is 0. The Morgan fingerprint density at radius 1 is 1.03 bits per heavy atom. The average Bonchev–Trinajstić information content (AvgIpc) is 2.98. The molecule has 8 aliphatic carbocycles. The molecular formula is C26H38O4. The first-order chi connectivity index (χ1) is 14.5. The van der Waals surface area contributed by atoms with E-state index in [1.165, 1.54) is 51.4 Å². The Labute approximate surface area is 180 Å². The monoisotopic (exact) mass is 414 g/mol. The lowest BCUT2D eigenvalue weighted by atomic mass is 9.50. The fraction of sp³-hybridized carbons (Fsp3) is 0.962. The van der Waals surface area contributed by atoms with Crippen molar-refractivity contribution >= 4 is 5.97 Å². The van der Waals surface area contributed by atoms with E-state index in [1.54, 1.807) is 0 Å². The average molecular weight is 415 g/mol. The van der Waals surface area contributed by atoms with Crippen molar-refractivity contribution in [3.63, 3.8) is 0 Å². The molecule has 1 N–H and O–H groups in total. The number of hydrogen-bond donors (Lipinski definition) is 1. The zero-order valence-corrected chi connectivity index (χ0v) is 18.6. The Hall–Kier alpha value is -0.610. The second-order valence-corrected chi connectivity index (χ2v) is 13.1. The van der Waals surface area contributed by atoms with Crippen LogP contribution in [0.4, 0.5) is 0 Å². The van der Waals surface area contributed by atoms with E-state index in [0.717, 1.165) is 30.1 Å². The van der Waals surface area contributed by atoms with Crippen molar-refractivity contribution in [1.29, 1.82) is 0 Å². The van der Waals surface area contributed by atoms with E-state index in [4.69, 9.17) is 9.62 Å².